The van der Waals surface area contributed by atoms with E-state index in [0.29, 0.717) is 11.3 Å². The predicted octanol–water partition coefficient (Wildman–Crippen LogP) is 4.54. The molecule has 0 spiro atoms. The molecule has 0 unspecified atom stereocenters. The summed E-state index contributed by atoms with van der Waals surface area (Å²) in [5.74, 6) is -0.336. The maximum Gasteiger partial charge on any atom is 0.276 e. The van der Waals surface area contributed by atoms with Gasteiger partial charge in [-0.2, -0.15) is 0 Å². The lowest BCUT2D eigenvalue weighted by Gasteiger charge is -2.19. The predicted molar refractivity (Wildman–Crippen MR) is 95.9 cm³/mol. The van der Waals surface area contributed by atoms with Gasteiger partial charge in [0.25, 0.3) is 5.69 Å². The van der Waals surface area contributed by atoms with Gasteiger partial charge in [0, 0.05) is 17.8 Å². The highest BCUT2D eigenvalue weighted by molar-refractivity contribution is 6.02. The third-order valence-corrected chi connectivity index (χ3v) is 3.57. The van der Waals surface area contributed by atoms with Crippen molar-refractivity contribution in [2.75, 3.05) is 5.32 Å². The molecule has 24 heavy (non-hydrogen) atoms. The van der Waals surface area contributed by atoms with Crippen LogP contribution in [-0.4, -0.2) is 10.8 Å². The highest BCUT2D eigenvalue weighted by Gasteiger charge is 2.13. The molecule has 2 rings (SSSR count). The number of hydrogen-bond acceptors (Lipinski definition) is 3. The summed E-state index contributed by atoms with van der Waals surface area (Å²) in [6.07, 6.45) is 2.73. The summed E-state index contributed by atoms with van der Waals surface area (Å²) in [5.41, 5.74) is 2.27. The number of hydrogen-bond donors (Lipinski definition) is 1. The monoisotopic (exact) mass is 324 g/mol. The fourth-order valence-electron chi connectivity index (χ4n) is 2.20. The molecule has 0 aliphatic carbocycles. The Kier molecular flexibility index (Phi) is 5.14. The number of nitro benzene ring substituents is 1. The first-order valence-electron chi connectivity index (χ1n) is 7.60. The number of nitro groups is 1. The molecule has 2 aromatic rings. The van der Waals surface area contributed by atoms with Crippen molar-refractivity contribution in [3.63, 3.8) is 0 Å². The van der Waals surface area contributed by atoms with Crippen molar-refractivity contribution >= 4 is 23.4 Å². The van der Waals surface area contributed by atoms with Crippen molar-refractivity contribution in [3.05, 3.63) is 75.8 Å². The molecule has 0 heterocycles. The van der Waals surface area contributed by atoms with Gasteiger partial charge in [-0.15, -0.1) is 0 Å². The molecular formula is C19H20N2O3. The van der Waals surface area contributed by atoms with Crippen molar-refractivity contribution in [2.24, 2.45) is 0 Å². The minimum atomic E-state index is -0.469. The lowest BCUT2D eigenvalue weighted by atomic mass is 9.87. The molecule has 1 amide bonds. The van der Waals surface area contributed by atoms with E-state index in [1.807, 2.05) is 24.3 Å². The molecule has 0 fully saturated rings. The number of carbonyl (C=O) groups excluding carboxylic acids is 1. The van der Waals surface area contributed by atoms with Crippen LogP contribution in [0.5, 0.6) is 0 Å². The number of para-hydroxylation sites is 1. The molecule has 0 aromatic heterocycles. The summed E-state index contributed by atoms with van der Waals surface area (Å²) in [6, 6.07) is 13.9. The zero-order valence-corrected chi connectivity index (χ0v) is 13.9. The highest BCUT2D eigenvalue weighted by Crippen LogP contribution is 2.23. The van der Waals surface area contributed by atoms with Crippen LogP contribution in [0.25, 0.3) is 6.08 Å². The lowest BCUT2D eigenvalue weighted by Crippen LogP contribution is -2.12. The second kappa shape index (κ2) is 7.08. The van der Waals surface area contributed by atoms with Crippen molar-refractivity contribution in [2.45, 2.75) is 26.2 Å². The van der Waals surface area contributed by atoms with Gasteiger partial charge < -0.3 is 5.32 Å². The van der Waals surface area contributed by atoms with Gasteiger partial charge in [0.15, 0.2) is 0 Å². The zero-order chi connectivity index (χ0) is 17.7. The van der Waals surface area contributed by atoms with E-state index in [0.717, 1.165) is 0 Å². The highest BCUT2D eigenvalue weighted by atomic mass is 16.6. The number of benzene rings is 2. The summed E-state index contributed by atoms with van der Waals surface area (Å²) < 4.78 is 0. The summed E-state index contributed by atoms with van der Waals surface area (Å²) in [6.45, 7) is 6.36. The lowest BCUT2D eigenvalue weighted by molar-refractivity contribution is -0.385. The Hall–Kier alpha value is -2.95. The van der Waals surface area contributed by atoms with E-state index >= 15 is 0 Å². The number of amides is 1. The summed E-state index contributed by atoms with van der Waals surface area (Å²) in [5, 5.41) is 13.7. The van der Waals surface area contributed by atoms with Crippen LogP contribution in [0, 0.1) is 10.1 Å². The van der Waals surface area contributed by atoms with Gasteiger partial charge >= 0.3 is 0 Å². The van der Waals surface area contributed by atoms with E-state index in [-0.39, 0.29) is 17.0 Å². The largest absolute Gasteiger partial charge is 0.323 e. The van der Waals surface area contributed by atoms with Gasteiger partial charge in [0.1, 0.15) is 0 Å². The minimum absolute atomic E-state index is 0.0314. The summed E-state index contributed by atoms with van der Waals surface area (Å²) in [4.78, 5) is 22.5. The maximum atomic E-state index is 12.0. The molecule has 0 saturated carbocycles. The van der Waals surface area contributed by atoms with E-state index < -0.39 is 4.92 Å². The van der Waals surface area contributed by atoms with Crippen LogP contribution >= 0.6 is 0 Å². The quantitative estimate of drug-likeness (QED) is 0.509. The maximum absolute atomic E-state index is 12.0. The molecule has 5 heteroatoms. The Morgan fingerprint density at radius 1 is 1.08 bits per heavy atom. The number of nitrogens with zero attached hydrogens (tertiary/aromatic N) is 1. The first-order chi connectivity index (χ1) is 11.3. The van der Waals surface area contributed by atoms with Crippen molar-refractivity contribution in [1.29, 1.82) is 0 Å². The van der Waals surface area contributed by atoms with Crippen LogP contribution in [-0.2, 0) is 10.2 Å². The van der Waals surface area contributed by atoms with E-state index in [2.05, 4.69) is 26.1 Å². The van der Waals surface area contributed by atoms with E-state index in [9.17, 15) is 14.9 Å². The average Bonchev–Trinajstić information content (AvgIpc) is 2.53. The van der Waals surface area contributed by atoms with Gasteiger partial charge in [-0.1, -0.05) is 45.0 Å². The summed E-state index contributed by atoms with van der Waals surface area (Å²) >= 11 is 0. The fraction of sp³-hybridized carbons (Fsp3) is 0.211. The Morgan fingerprint density at radius 3 is 2.29 bits per heavy atom. The SMILES string of the molecule is CC(C)(C)c1ccc(NC(=O)C=Cc2ccccc2[N+](=O)[O-])cc1. The second-order valence-corrected chi connectivity index (χ2v) is 6.47. The van der Waals surface area contributed by atoms with Gasteiger partial charge in [0.2, 0.25) is 5.91 Å². The molecule has 0 radical (unpaired) electrons. The summed E-state index contributed by atoms with van der Waals surface area (Å²) in [7, 11) is 0. The third-order valence-electron chi connectivity index (χ3n) is 3.57. The number of anilines is 1. The second-order valence-electron chi connectivity index (χ2n) is 6.47. The Bertz CT molecular complexity index is 772. The topological polar surface area (TPSA) is 72.2 Å². The molecule has 0 aliphatic rings. The van der Waals surface area contributed by atoms with Crippen LogP contribution in [0.4, 0.5) is 11.4 Å². The molecule has 0 aliphatic heterocycles. The first kappa shape index (κ1) is 17.4. The Labute approximate surface area is 141 Å². The molecule has 5 nitrogen and oxygen atoms in total. The normalized spacial score (nSPS) is 11.5. The number of nitrogens with one attached hydrogen (secondary N) is 1. The van der Waals surface area contributed by atoms with Crippen LogP contribution in [0.15, 0.2) is 54.6 Å². The number of carbonyl (C=O) groups is 1. The average molecular weight is 324 g/mol. The Morgan fingerprint density at radius 2 is 1.71 bits per heavy atom. The van der Waals surface area contributed by atoms with Crippen molar-refractivity contribution in [1.82, 2.24) is 0 Å². The van der Waals surface area contributed by atoms with Crippen LogP contribution in [0.1, 0.15) is 31.9 Å². The van der Waals surface area contributed by atoms with Gasteiger partial charge in [-0.3, -0.25) is 14.9 Å². The smallest absolute Gasteiger partial charge is 0.276 e. The van der Waals surface area contributed by atoms with Crippen molar-refractivity contribution < 1.29 is 9.72 Å². The molecule has 1 N–H and O–H groups in total. The molecule has 0 saturated heterocycles. The standard InChI is InChI=1S/C19H20N2O3/c1-19(2,3)15-9-11-16(12-10-15)20-18(22)13-8-14-6-4-5-7-17(14)21(23)24/h4-13H,1-3H3,(H,20,22). The van der Waals surface area contributed by atoms with E-state index in [4.69, 9.17) is 0 Å². The molecule has 0 atom stereocenters. The van der Waals surface area contributed by atoms with Crippen molar-refractivity contribution in [3.8, 4) is 0 Å². The minimum Gasteiger partial charge on any atom is -0.323 e. The zero-order valence-electron chi connectivity index (χ0n) is 13.9. The molecular weight excluding hydrogens is 304 g/mol. The van der Waals surface area contributed by atoms with Gasteiger partial charge in [-0.25, -0.2) is 0 Å². The van der Waals surface area contributed by atoms with Gasteiger partial charge in [0.05, 0.1) is 10.5 Å². The molecule has 124 valence electrons. The number of rotatable bonds is 4. The van der Waals surface area contributed by atoms with Crippen LogP contribution < -0.4 is 5.32 Å². The first-order valence-corrected chi connectivity index (χ1v) is 7.60. The van der Waals surface area contributed by atoms with Crippen LogP contribution in [0.3, 0.4) is 0 Å². The van der Waals surface area contributed by atoms with Crippen LogP contribution in [0.2, 0.25) is 0 Å². The fourth-order valence-corrected chi connectivity index (χ4v) is 2.20. The van der Waals surface area contributed by atoms with Gasteiger partial charge in [-0.05, 0) is 35.3 Å². The molecule has 2 aromatic carbocycles. The molecule has 0 bridgehead atoms. The Balaban J connectivity index is 2.07. The van der Waals surface area contributed by atoms with E-state index in [1.165, 1.54) is 23.8 Å². The van der Waals surface area contributed by atoms with E-state index in [1.54, 1.807) is 18.2 Å². The third kappa shape index (κ3) is 4.52.